The number of nitrogens with two attached hydrogens (primary N) is 1. The quantitative estimate of drug-likeness (QED) is 0.865. The molecule has 1 atom stereocenters. The summed E-state index contributed by atoms with van der Waals surface area (Å²) in [5.41, 5.74) is 7.86. The van der Waals surface area contributed by atoms with Gasteiger partial charge in [-0.2, -0.15) is 0 Å². The highest BCUT2D eigenvalue weighted by Gasteiger charge is 2.22. The minimum atomic E-state index is -0.0626. The predicted octanol–water partition coefficient (Wildman–Crippen LogP) is 1.52. The van der Waals surface area contributed by atoms with Crippen LogP contribution in [-0.2, 0) is 11.2 Å². The van der Waals surface area contributed by atoms with Crippen molar-refractivity contribution >= 4 is 30.0 Å². The van der Waals surface area contributed by atoms with Crippen molar-refractivity contribution in [2.45, 2.75) is 31.7 Å². The van der Waals surface area contributed by atoms with Crippen molar-refractivity contribution in [1.82, 2.24) is 10.2 Å². The Morgan fingerprint density at radius 3 is 2.62 bits per heavy atom. The molecule has 0 radical (unpaired) electrons. The van der Waals surface area contributed by atoms with Crippen LogP contribution in [0, 0.1) is 0 Å². The molecule has 6 nitrogen and oxygen atoms in total. The topological polar surface area (TPSA) is 78.7 Å². The molecule has 0 spiro atoms. The number of hydrogen-bond donors (Lipinski definition) is 2. The second kappa shape index (κ2) is 8.35. The molecule has 2 heterocycles. The lowest BCUT2D eigenvalue weighted by atomic mass is 10.1. The fourth-order valence-corrected chi connectivity index (χ4v) is 3.20. The van der Waals surface area contributed by atoms with Gasteiger partial charge in [-0.1, -0.05) is 18.6 Å². The maximum atomic E-state index is 12.5. The van der Waals surface area contributed by atoms with Gasteiger partial charge >= 0.3 is 6.03 Å². The Morgan fingerprint density at radius 1 is 1.21 bits per heavy atom. The third-order valence-electron chi connectivity index (χ3n) is 4.52. The first-order chi connectivity index (χ1) is 11.1. The summed E-state index contributed by atoms with van der Waals surface area (Å²) in [4.78, 5) is 27.7. The monoisotopic (exact) mass is 352 g/mol. The fraction of sp³-hybridized carbons (Fsp3) is 0.529. The van der Waals surface area contributed by atoms with Crippen LogP contribution >= 0.6 is 12.4 Å². The number of urea groups is 1. The van der Waals surface area contributed by atoms with E-state index in [-0.39, 0.29) is 30.4 Å². The van der Waals surface area contributed by atoms with E-state index in [0.717, 1.165) is 37.1 Å². The largest absolute Gasteiger partial charge is 0.341 e. The van der Waals surface area contributed by atoms with E-state index < -0.39 is 0 Å². The maximum absolute atomic E-state index is 12.5. The molecule has 24 heavy (non-hydrogen) atoms. The fourth-order valence-electron chi connectivity index (χ4n) is 3.20. The summed E-state index contributed by atoms with van der Waals surface area (Å²) < 4.78 is 0. The summed E-state index contributed by atoms with van der Waals surface area (Å²) in [7, 11) is 0. The Balaban J connectivity index is 0.00000208. The Hall–Kier alpha value is -1.79. The summed E-state index contributed by atoms with van der Waals surface area (Å²) in [6.45, 7) is 2.82. The van der Waals surface area contributed by atoms with E-state index >= 15 is 0 Å². The van der Waals surface area contributed by atoms with E-state index in [0.29, 0.717) is 26.1 Å². The van der Waals surface area contributed by atoms with Crippen LogP contribution in [0.4, 0.5) is 10.5 Å². The van der Waals surface area contributed by atoms with Crippen molar-refractivity contribution in [2.24, 2.45) is 5.73 Å². The number of benzene rings is 1. The van der Waals surface area contributed by atoms with Gasteiger partial charge in [0.2, 0.25) is 5.91 Å². The summed E-state index contributed by atoms with van der Waals surface area (Å²) in [6, 6.07) is 7.70. The third-order valence-corrected chi connectivity index (χ3v) is 4.52. The number of amides is 3. The van der Waals surface area contributed by atoms with E-state index in [4.69, 9.17) is 5.73 Å². The van der Waals surface area contributed by atoms with Gasteiger partial charge in [0.25, 0.3) is 0 Å². The Morgan fingerprint density at radius 2 is 1.96 bits per heavy atom. The lowest BCUT2D eigenvalue weighted by molar-refractivity contribution is -0.130. The van der Waals surface area contributed by atoms with E-state index in [1.165, 1.54) is 0 Å². The zero-order valence-electron chi connectivity index (χ0n) is 13.7. The molecule has 2 saturated heterocycles. The van der Waals surface area contributed by atoms with Gasteiger partial charge in [-0.3, -0.25) is 9.69 Å². The summed E-state index contributed by atoms with van der Waals surface area (Å²) >= 11 is 0. The van der Waals surface area contributed by atoms with Gasteiger partial charge in [0.05, 0.1) is 6.42 Å². The molecule has 7 heteroatoms. The smallest absolute Gasteiger partial charge is 0.321 e. The highest BCUT2D eigenvalue weighted by atomic mass is 35.5. The van der Waals surface area contributed by atoms with Crippen molar-refractivity contribution in [1.29, 1.82) is 0 Å². The Kier molecular flexibility index (Phi) is 6.45. The number of nitrogens with zero attached hydrogens (tertiary/aromatic N) is 2. The van der Waals surface area contributed by atoms with Gasteiger partial charge < -0.3 is 16.0 Å². The van der Waals surface area contributed by atoms with Crippen LogP contribution in [-0.4, -0.2) is 49.1 Å². The number of anilines is 1. The first kappa shape index (κ1) is 18.5. The number of carbonyl (C=O) groups is 2. The molecule has 1 aromatic carbocycles. The number of halogens is 1. The Labute approximate surface area is 148 Å². The molecule has 1 unspecified atom stereocenters. The van der Waals surface area contributed by atoms with Crippen LogP contribution in [0.5, 0.6) is 0 Å². The lowest BCUT2D eigenvalue weighted by Crippen LogP contribution is -2.40. The van der Waals surface area contributed by atoms with Gasteiger partial charge in [0.15, 0.2) is 0 Å². The number of carbonyl (C=O) groups excluding carboxylic acids is 2. The highest BCUT2D eigenvalue weighted by molar-refractivity contribution is 5.94. The number of likely N-dealkylation sites (tertiary alicyclic amines) is 1. The zero-order valence-corrected chi connectivity index (χ0v) is 14.6. The van der Waals surface area contributed by atoms with Crippen LogP contribution in [0.15, 0.2) is 24.3 Å². The molecule has 0 bridgehead atoms. The molecular weight excluding hydrogens is 328 g/mol. The molecule has 3 N–H and O–H groups in total. The summed E-state index contributed by atoms with van der Waals surface area (Å²) in [5, 5.41) is 2.78. The van der Waals surface area contributed by atoms with Gasteiger partial charge in [-0.25, -0.2) is 4.79 Å². The van der Waals surface area contributed by atoms with Crippen LogP contribution in [0.25, 0.3) is 0 Å². The van der Waals surface area contributed by atoms with E-state index in [1.54, 1.807) is 4.90 Å². The summed E-state index contributed by atoms with van der Waals surface area (Å²) in [5.74, 6) is 0.133. The number of rotatable bonds is 3. The highest BCUT2D eigenvalue weighted by Crippen LogP contribution is 2.18. The lowest BCUT2D eigenvalue weighted by Gasteiger charge is -2.23. The molecule has 3 rings (SSSR count). The van der Waals surface area contributed by atoms with Crippen molar-refractivity contribution < 1.29 is 9.59 Å². The van der Waals surface area contributed by atoms with Gasteiger partial charge in [-0.05, 0) is 30.5 Å². The Bertz CT molecular complexity index is 578. The van der Waals surface area contributed by atoms with Crippen LogP contribution in [0.1, 0.15) is 24.8 Å². The summed E-state index contributed by atoms with van der Waals surface area (Å²) in [6.07, 6.45) is 3.51. The van der Waals surface area contributed by atoms with Crippen molar-refractivity contribution in [3.63, 3.8) is 0 Å². The zero-order chi connectivity index (χ0) is 16.2. The van der Waals surface area contributed by atoms with E-state index in [9.17, 15) is 9.59 Å². The van der Waals surface area contributed by atoms with Gasteiger partial charge in [-0.15, -0.1) is 12.4 Å². The second-order valence-electron chi connectivity index (χ2n) is 6.32. The molecule has 3 amide bonds. The molecule has 0 aliphatic carbocycles. The minimum absolute atomic E-state index is 0. The number of nitrogens with one attached hydrogen (secondary N) is 1. The first-order valence-corrected chi connectivity index (χ1v) is 8.31. The van der Waals surface area contributed by atoms with Gasteiger partial charge in [0, 0.05) is 37.9 Å². The third kappa shape index (κ3) is 4.39. The van der Waals surface area contributed by atoms with E-state index in [1.807, 2.05) is 29.2 Å². The van der Waals surface area contributed by atoms with Gasteiger partial charge in [0.1, 0.15) is 0 Å². The maximum Gasteiger partial charge on any atom is 0.321 e. The average molecular weight is 353 g/mol. The van der Waals surface area contributed by atoms with Crippen molar-refractivity contribution in [3.8, 4) is 0 Å². The normalized spacial score (nSPS) is 21.0. The van der Waals surface area contributed by atoms with Crippen LogP contribution in [0.3, 0.4) is 0 Å². The standard InChI is InChI=1S/C17H24N4O2.ClH/c18-14-3-1-2-9-20(12-14)16(22)11-13-4-6-15(7-5-13)21-10-8-19-17(21)23;/h4-7,14H,1-3,8-12,18H2,(H,19,23);1H. The molecule has 2 aliphatic heterocycles. The van der Waals surface area contributed by atoms with Crippen LogP contribution in [0.2, 0.25) is 0 Å². The van der Waals surface area contributed by atoms with Crippen LogP contribution < -0.4 is 16.0 Å². The number of hydrogen-bond acceptors (Lipinski definition) is 3. The van der Waals surface area contributed by atoms with Crippen molar-refractivity contribution in [2.75, 3.05) is 31.1 Å². The molecule has 1 aromatic rings. The molecule has 2 fully saturated rings. The molecule has 132 valence electrons. The minimum Gasteiger partial charge on any atom is -0.341 e. The molecule has 2 aliphatic rings. The average Bonchev–Trinajstić information content (AvgIpc) is 2.84. The first-order valence-electron chi connectivity index (χ1n) is 8.31. The molecule has 0 saturated carbocycles. The molecular formula is C17H25ClN4O2. The van der Waals surface area contributed by atoms with Crippen molar-refractivity contribution in [3.05, 3.63) is 29.8 Å². The van der Waals surface area contributed by atoms with E-state index in [2.05, 4.69) is 5.32 Å². The molecule has 0 aromatic heterocycles. The second-order valence-corrected chi connectivity index (χ2v) is 6.32. The SMILES string of the molecule is Cl.NC1CCCCN(C(=O)Cc2ccc(N3CCNC3=O)cc2)C1. The predicted molar refractivity (Wildman–Crippen MR) is 96.5 cm³/mol.